The van der Waals surface area contributed by atoms with Crippen LogP contribution in [0.4, 0.5) is 0 Å². The molecule has 1 N–H and O–H groups in total. The number of fused-ring (bicyclic) bond motifs is 2. The first-order valence-corrected chi connectivity index (χ1v) is 9.34. The molecule has 0 aromatic heterocycles. The number of aliphatic hydroxyl groups excluding tert-OH is 1. The van der Waals surface area contributed by atoms with E-state index in [1.165, 1.54) is 6.08 Å². The minimum Gasteiger partial charge on any atom is -0.462 e. The third-order valence-corrected chi connectivity index (χ3v) is 6.56. The maximum atomic E-state index is 12.9. The zero-order valence-electron chi connectivity index (χ0n) is 16.0. The lowest BCUT2D eigenvalue weighted by Crippen LogP contribution is -2.50. The number of allylic oxidation sites excluding steroid dienone is 1. The van der Waals surface area contributed by atoms with Gasteiger partial charge in [-0.1, -0.05) is 19.4 Å². The fourth-order valence-corrected chi connectivity index (χ4v) is 5.43. The van der Waals surface area contributed by atoms with Crippen molar-refractivity contribution >= 4 is 17.7 Å². The smallest absolute Gasteiger partial charge is 0.330 e. The fourth-order valence-electron chi connectivity index (χ4n) is 5.43. The summed E-state index contributed by atoms with van der Waals surface area (Å²) in [7, 11) is 0. The molecule has 8 atom stereocenters. The summed E-state index contributed by atoms with van der Waals surface area (Å²) in [6, 6.07) is 0. The molecule has 6 nitrogen and oxygen atoms in total. The van der Waals surface area contributed by atoms with Gasteiger partial charge in [-0.15, -0.1) is 0 Å². The Kier molecular flexibility index (Phi) is 4.76. The molecule has 2 aliphatic carbocycles. The third-order valence-electron chi connectivity index (χ3n) is 6.56. The van der Waals surface area contributed by atoms with Gasteiger partial charge in [0.2, 0.25) is 0 Å². The maximum Gasteiger partial charge on any atom is 0.330 e. The average Bonchev–Trinajstić information content (AvgIpc) is 2.87. The van der Waals surface area contributed by atoms with Crippen LogP contribution in [0.25, 0.3) is 0 Å². The van der Waals surface area contributed by atoms with Crippen LogP contribution in [0.3, 0.4) is 0 Å². The standard InChI is InChI=1S/C20H28O6/c1-9(2)6-15(23)26-18-16-11(4)19(24)25-13(16)7-10(3)17-12(21)8-14(22)20(17,18)5/h6,10-13,16-18,21H,7-8H2,1-5H3/t10-,11+,12+,13-,16?,17?,18+,20-/m1/s1. The number of esters is 2. The summed E-state index contributed by atoms with van der Waals surface area (Å²) in [6.45, 7) is 9.10. The quantitative estimate of drug-likeness (QED) is 0.596. The van der Waals surface area contributed by atoms with Crippen LogP contribution in [-0.4, -0.2) is 41.1 Å². The number of ether oxygens (including phenoxy) is 2. The van der Waals surface area contributed by atoms with Gasteiger partial charge in [0.25, 0.3) is 0 Å². The third kappa shape index (κ3) is 2.79. The summed E-state index contributed by atoms with van der Waals surface area (Å²) in [5.41, 5.74) is -0.231. The van der Waals surface area contributed by atoms with Gasteiger partial charge in [-0.2, -0.15) is 0 Å². The minimum atomic E-state index is -1.02. The Hall–Kier alpha value is -1.69. The van der Waals surface area contributed by atoms with Crippen molar-refractivity contribution in [1.82, 2.24) is 0 Å². The number of Topliss-reactive ketones (excluding diaryl/α,β-unsaturated/α-hetero) is 1. The second-order valence-electron chi connectivity index (χ2n) is 8.64. The normalized spacial score (nSPS) is 44.6. The van der Waals surface area contributed by atoms with E-state index in [0.717, 1.165) is 5.57 Å². The summed E-state index contributed by atoms with van der Waals surface area (Å²) in [5, 5.41) is 10.6. The van der Waals surface area contributed by atoms with Gasteiger partial charge in [-0.25, -0.2) is 4.79 Å². The molecule has 0 radical (unpaired) electrons. The molecule has 3 fully saturated rings. The molecule has 1 heterocycles. The second kappa shape index (κ2) is 6.48. The molecule has 0 amide bonds. The second-order valence-corrected chi connectivity index (χ2v) is 8.64. The van der Waals surface area contributed by atoms with E-state index in [9.17, 15) is 19.5 Å². The number of carbonyl (C=O) groups is 3. The molecule has 2 saturated carbocycles. The predicted molar refractivity (Wildman–Crippen MR) is 92.9 cm³/mol. The van der Waals surface area contributed by atoms with Gasteiger partial charge in [0.05, 0.1) is 17.4 Å². The summed E-state index contributed by atoms with van der Waals surface area (Å²) in [5.74, 6) is -2.15. The lowest BCUT2D eigenvalue weighted by Gasteiger charge is -2.40. The number of hydrogen-bond acceptors (Lipinski definition) is 6. The van der Waals surface area contributed by atoms with Crippen LogP contribution in [0.1, 0.15) is 47.5 Å². The highest BCUT2D eigenvalue weighted by Gasteiger charge is 2.66. The number of hydrogen-bond donors (Lipinski definition) is 1. The molecular weight excluding hydrogens is 336 g/mol. The number of carbonyl (C=O) groups excluding carboxylic acids is 3. The molecule has 1 saturated heterocycles. The molecule has 0 spiro atoms. The molecule has 0 aromatic rings. The Labute approximate surface area is 153 Å². The van der Waals surface area contributed by atoms with Gasteiger partial charge in [0.1, 0.15) is 18.0 Å². The van der Waals surface area contributed by atoms with Crippen LogP contribution >= 0.6 is 0 Å². The van der Waals surface area contributed by atoms with Gasteiger partial charge in [-0.3, -0.25) is 9.59 Å². The molecular formula is C20H28O6. The lowest BCUT2D eigenvalue weighted by molar-refractivity contribution is -0.164. The van der Waals surface area contributed by atoms with Gasteiger partial charge in [0, 0.05) is 24.3 Å². The number of ketones is 1. The number of aliphatic hydroxyl groups is 1. The first-order chi connectivity index (χ1) is 12.1. The molecule has 1 aliphatic heterocycles. The highest BCUT2D eigenvalue weighted by Crippen LogP contribution is 2.56. The average molecular weight is 364 g/mol. The Balaban J connectivity index is 2.08. The van der Waals surface area contributed by atoms with E-state index < -0.39 is 35.6 Å². The van der Waals surface area contributed by atoms with Crippen molar-refractivity contribution in [3.8, 4) is 0 Å². The summed E-state index contributed by atoms with van der Waals surface area (Å²) in [6.07, 6.45) is 0.0399. The van der Waals surface area contributed by atoms with Crippen molar-refractivity contribution in [2.24, 2.45) is 29.1 Å². The van der Waals surface area contributed by atoms with Crippen LogP contribution in [0.2, 0.25) is 0 Å². The summed E-state index contributed by atoms with van der Waals surface area (Å²) < 4.78 is 11.4. The van der Waals surface area contributed by atoms with Crippen LogP contribution in [0.15, 0.2) is 11.6 Å². The van der Waals surface area contributed by atoms with E-state index in [0.29, 0.717) is 6.42 Å². The molecule has 26 heavy (non-hydrogen) atoms. The minimum absolute atomic E-state index is 0.0285. The van der Waals surface area contributed by atoms with Gasteiger partial charge in [-0.05, 0) is 33.1 Å². The van der Waals surface area contributed by atoms with Crippen molar-refractivity contribution in [3.63, 3.8) is 0 Å². The predicted octanol–water partition coefficient (Wildman–Crippen LogP) is 2.04. The molecule has 6 heteroatoms. The van der Waals surface area contributed by atoms with Crippen LogP contribution in [0.5, 0.6) is 0 Å². The van der Waals surface area contributed by atoms with Crippen molar-refractivity contribution in [1.29, 1.82) is 0 Å². The molecule has 144 valence electrons. The Morgan fingerprint density at radius 3 is 2.58 bits per heavy atom. The van der Waals surface area contributed by atoms with E-state index in [2.05, 4.69) is 0 Å². The highest BCUT2D eigenvalue weighted by molar-refractivity contribution is 5.90. The molecule has 3 rings (SSSR count). The SMILES string of the molecule is CC(C)=CC(=O)O[C@H]1C2[C@H](C)C(=O)O[C@@H]2C[C@@H](C)C2[C@@H](O)CC(=O)[C@]21C. The van der Waals surface area contributed by atoms with Crippen molar-refractivity contribution < 1.29 is 29.0 Å². The van der Waals surface area contributed by atoms with Crippen molar-refractivity contribution in [2.75, 3.05) is 0 Å². The first-order valence-electron chi connectivity index (χ1n) is 9.34. The van der Waals surface area contributed by atoms with Crippen molar-refractivity contribution in [2.45, 2.75) is 65.8 Å². The topological polar surface area (TPSA) is 89.9 Å². The fraction of sp³-hybridized carbons (Fsp3) is 0.750. The van der Waals surface area contributed by atoms with Crippen LogP contribution < -0.4 is 0 Å². The van der Waals surface area contributed by atoms with E-state index in [-0.39, 0.29) is 35.9 Å². The van der Waals surface area contributed by atoms with Crippen LogP contribution in [0, 0.1) is 29.1 Å². The largest absolute Gasteiger partial charge is 0.462 e. The van der Waals surface area contributed by atoms with E-state index in [4.69, 9.17) is 9.47 Å². The molecule has 0 aromatic carbocycles. The van der Waals surface area contributed by atoms with Gasteiger partial charge < -0.3 is 14.6 Å². The summed E-state index contributed by atoms with van der Waals surface area (Å²) >= 11 is 0. The molecule has 2 unspecified atom stereocenters. The lowest BCUT2D eigenvalue weighted by atomic mass is 9.66. The first kappa shape index (κ1) is 19.1. The zero-order valence-corrected chi connectivity index (χ0v) is 16.0. The molecule has 3 aliphatic rings. The molecule has 0 bridgehead atoms. The van der Waals surface area contributed by atoms with Crippen LogP contribution in [-0.2, 0) is 23.9 Å². The summed E-state index contributed by atoms with van der Waals surface area (Å²) in [4.78, 5) is 37.6. The number of rotatable bonds is 2. The monoisotopic (exact) mass is 364 g/mol. The Bertz CT molecular complexity index is 663. The Morgan fingerprint density at radius 2 is 1.96 bits per heavy atom. The Morgan fingerprint density at radius 1 is 1.31 bits per heavy atom. The highest BCUT2D eigenvalue weighted by atomic mass is 16.6. The van der Waals surface area contributed by atoms with E-state index in [1.807, 2.05) is 6.92 Å². The van der Waals surface area contributed by atoms with Gasteiger partial charge in [0.15, 0.2) is 0 Å². The maximum absolute atomic E-state index is 12.9. The van der Waals surface area contributed by atoms with Gasteiger partial charge >= 0.3 is 11.9 Å². The van der Waals surface area contributed by atoms with E-state index >= 15 is 0 Å². The zero-order chi connectivity index (χ0) is 19.4. The van der Waals surface area contributed by atoms with Crippen molar-refractivity contribution in [3.05, 3.63) is 11.6 Å². The van der Waals surface area contributed by atoms with E-state index in [1.54, 1.807) is 27.7 Å².